The molecule has 21 heavy (non-hydrogen) atoms. The van der Waals surface area contributed by atoms with Crippen molar-refractivity contribution >= 4 is 12.0 Å². The van der Waals surface area contributed by atoms with Crippen LogP contribution in [0.2, 0.25) is 0 Å². The molecule has 3 atom stereocenters. The maximum atomic E-state index is 11.8. The Bertz CT molecular complexity index is 487. The van der Waals surface area contributed by atoms with Gasteiger partial charge in [-0.25, -0.2) is 4.79 Å². The maximum Gasteiger partial charge on any atom is 0.407 e. The fourth-order valence-corrected chi connectivity index (χ4v) is 2.08. The number of nitrogens with zero attached hydrogens (tertiary/aromatic N) is 1. The van der Waals surface area contributed by atoms with E-state index in [4.69, 9.17) is 10.00 Å². The first-order valence-corrected chi connectivity index (χ1v) is 6.68. The number of alkyl carbamates (subject to hydrolysis) is 1. The van der Waals surface area contributed by atoms with Gasteiger partial charge in [-0.3, -0.25) is 4.79 Å². The van der Waals surface area contributed by atoms with E-state index >= 15 is 0 Å². The number of aliphatic hydroxyl groups is 1. The molecule has 7 nitrogen and oxygen atoms in total. The van der Waals surface area contributed by atoms with Gasteiger partial charge in [-0.1, -0.05) is 0 Å². The summed E-state index contributed by atoms with van der Waals surface area (Å²) in [6.45, 7) is 6.51. The van der Waals surface area contributed by atoms with E-state index in [-0.39, 0.29) is 12.3 Å². The molecule has 3 N–H and O–H groups in total. The smallest absolute Gasteiger partial charge is 0.407 e. The fourth-order valence-electron chi connectivity index (χ4n) is 2.08. The lowest BCUT2D eigenvalue weighted by Gasteiger charge is -2.34. The van der Waals surface area contributed by atoms with Gasteiger partial charge >= 0.3 is 6.09 Å². The Hall–Kier alpha value is -2.07. The van der Waals surface area contributed by atoms with Crippen molar-refractivity contribution in [3.8, 4) is 6.07 Å². The van der Waals surface area contributed by atoms with Crippen molar-refractivity contribution in [2.75, 3.05) is 0 Å². The second-order valence-electron chi connectivity index (χ2n) is 5.98. The first kappa shape index (κ1) is 17.0. The SMILES string of the molecule is CC(=O)N[C@H]1[C@H](O)C=C(C#N)C[C@@H]1NC(=O)OC(C)(C)C. The van der Waals surface area contributed by atoms with Crippen LogP contribution in [0.4, 0.5) is 4.79 Å². The number of nitriles is 1. The zero-order valence-corrected chi connectivity index (χ0v) is 12.6. The number of hydrogen-bond donors (Lipinski definition) is 3. The maximum absolute atomic E-state index is 11.8. The molecule has 0 heterocycles. The Morgan fingerprint density at radius 3 is 2.52 bits per heavy atom. The van der Waals surface area contributed by atoms with E-state index in [1.165, 1.54) is 13.0 Å². The number of carbonyl (C=O) groups excluding carboxylic acids is 2. The van der Waals surface area contributed by atoms with Gasteiger partial charge in [-0.15, -0.1) is 0 Å². The van der Waals surface area contributed by atoms with Crippen LogP contribution in [0.25, 0.3) is 0 Å². The van der Waals surface area contributed by atoms with Crippen molar-refractivity contribution in [2.24, 2.45) is 0 Å². The van der Waals surface area contributed by atoms with E-state index in [1.807, 2.05) is 6.07 Å². The van der Waals surface area contributed by atoms with Gasteiger partial charge in [0.2, 0.25) is 5.91 Å². The summed E-state index contributed by atoms with van der Waals surface area (Å²) in [7, 11) is 0. The third-order valence-corrected chi connectivity index (χ3v) is 2.83. The molecule has 1 aliphatic rings. The molecule has 0 aromatic carbocycles. The van der Waals surface area contributed by atoms with E-state index in [1.54, 1.807) is 20.8 Å². The minimum atomic E-state index is -1.04. The minimum Gasteiger partial charge on any atom is -0.444 e. The molecule has 0 fully saturated rings. The molecule has 0 spiro atoms. The first-order chi connectivity index (χ1) is 9.62. The summed E-state index contributed by atoms with van der Waals surface area (Å²) in [6.07, 6.45) is -0.0995. The van der Waals surface area contributed by atoms with Crippen LogP contribution < -0.4 is 10.6 Å². The van der Waals surface area contributed by atoms with Crippen LogP contribution in [-0.4, -0.2) is 40.9 Å². The molecule has 0 radical (unpaired) electrons. The number of amides is 2. The number of hydrogen-bond acceptors (Lipinski definition) is 5. The van der Waals surface area contributed by atoms with Gasteiger partial charge in [-0.2, -0.15) is 5.26 Å². The van der Waals surface area contributed by atoms with E-state index in [9.17, 15) is 14.7 Å². The number of carbonyl (C=O) groups is 2. The molecule has 2 amide bonds. The van der Waals surface area contributed by atoms with E-state index in [0.29, 0.717) is 5.57 Å². The Morgan fingerprint density at radius 1 is 1.43 bits per heavy atom. The molecule has 0 aromatic rings. The number of aliphatic hydroxyl groups excluding tert-OH is 1. The predicted octanol–water partition coefficient (Wildman–Crippen LogP) is 0.599. The van der Waals surface area contributed by atoms with Gasteiger partial charge in [0, 0.05) is 18.9 Å². The summed E-state index contributed by atoms with van der Waals surface area (Å²) < 4.78 is 5.15. The molecule has 116 valence electrons. The van der Waals surface area contributed by atoms with Crippen LogP contribution in [0.1, 0.15) is 34.1 Å². The third kappa shape index (κ3) is 5.44. The molecule has 7 heteroatoms. The Balaban J connectivity index is 2.84. The second-order valence-corrected chi connectivity index (χ2v) is 5.98. The normalized spacial score (nSPS) is 25.3. The zero-order valence-electron chi connectivity index (χ0n) is 12.6. The summed E-state index contributed by atoms with van der Waals surface area (Å²) in [4.78, 5) is 23.0. The van der Waals surface area contributed by atoms with Gasteiger partial charge in [-0.05, 0) is 26.8 Å². The molecular formula is C14H21N3O4. The molecule has 0 unspecified atom stereocenters. The van der Waals surface area contributed by atoms with Crippen molar-refractivity contribution in [1.82, 2.24) is 10.6 Å². The predicted molar refractivity (Wildman–Crippen MR) is 75.1 cm³/mol. The van der Waals surface area contributed by atoms with Crippen molar-refractivity contribution in [2.45, 2.75) is 57.9 Å². The lowest BCUT2D eigenvalue weighted by molar-refractivity contribution is -0.120. The molecule has 0 aliphatic heterocycles. The van der Waals surface area contributed by atoms with E-state index < -0.39 is 29.9 Å². The van der Waals surface area contributed by atoms with Crippen LogP contribution >= 0.6 is 0 Å². The number of ether oxygens (including phenoxy) is 1. The van der Waals surface area contributed by atoms with Crippen molar-refractivity contribution in [3.63, 3.8) is 0 Å². The lowest BCUT2D eigenvalue weighted by Crippen LogP contribution is -2.58. The monoisotopic (exact) mass is 295 g/mol. The van der Waals surface area contributed by atoms with E-state index in [0.717, 1.165) is 0 Å². The van der Waals surface area contributed by atoms with Crippen molar-refractivity contribution in [3.05, 3.63) is 11.6 Å². The Kier molecular flexibility index (Phi) is 5.33. The van der Waals surface area contributed by atoms with Gasteiger partial charge in [0.15, 0.2) is 0 Å². The highest BCUT2D eigenvalue weighted by atomic mass is 16.6. The van der Waals surface area contributed by atoms with Crippen LogP contribution in [0.5, 0.6) is 0 Å². The minimum absolute atomic E-state index is 0.220. The van der Waals surface area contributed by atoms with Gasteiger partial charge in [0.1, 0.15) is 5.60 Å². The van der Waals surface area contributed by atoms with Crippen molar-refractivity contribution < 1.29 is 19.4 Å². The average molecular weight is 295 g/mol. The summed E-state index contributed by atoms with van der Waals surface area (Å²) in [5, 5.41) is 24.1. The quantitative estimate of drug-likeness (QED) is 0.690. The van der Waals surface area contributed by atoms with Crippen LogP contribution in [0.3, 0.4) is 0 Å². The molecule has 0 bridgehead atoms. The molecule has 0 aromatic heterocycles. The van der Waals surface area contributed by atoms with Crippen LogP contribution in [0.15, 0.2) is 11.6 Å². The van der Waals surface area contributed by atoms with Crippen LogP contribution in [0, 0.1) is 11.3 Å². The largest absolute Gasteiger partial charge is 0.444 e. The second kappa shape index (κ2) is 6.59. The molecule has 1 rings (SSSR count). The Morgan fingerprint density at radius 2 is 2.05 bits per heavy atom. The summed E-state index contributed by atoms with van der Waals surface area (Å²) in [5.74, 6) is -0.330. The number of rotatable bonds is 2. The fraction of sp³-hybridized carbons (Fsp3) is 0.643. The van der Waals surface area contributed by atoms with Crippen molar-refractivity contribution in [1.29, 1.82) is 5.26 Å². The number of nitrogens with one attached hydrogen (secondary N) is 2. The molecule has 0 saturated carbocycles. The van der Waals surface area contributed by atoms with Gasteiger partial charge in [0.25, 0.3) is 0 Å². The molecular weight excluding hydrogens is 274 g/mol. The Labute approximate surface area is 124 Å². The first-order valence-electron chi connectivity index (χ1n) is 6.68. The topological polar surface area (TPSA) is 111 Å². The highest BCUT2D eigenvalue weighted by molar-refractivity contribution is 5.74. The van der Waals surface area contributed by atoms with Crippen LogP contribution in [-0.2, 0) is 9.53 Å². The lowest BCUT2D eigenvalue weighted by atomic mass is 9.88. The summed E-state index contributed by atoms with van der Waals surface area (Å²) >= 11 is 0. The van der Waals surface area contributed by atoms with Gasteiger partial charge in [0.05, 0.1) is 24.3 Å². The highest BCUT2D eigenvalue weighted by Crippen LogP contribution is 2.20. The third-order valence-electron chi connectivity index (χ3n) is 2.83. The highest BCUT2D eigenvalue weighted by Gasteiger charge is 2.35. The van der Waals surface area contributed by atoms with E-state index in [2.05, 4.69) is 10.6 Å². The average Bonchev–Trinajstić information content (AvgIpc) is 2.30. The summed E-state index contributed by atoms with van der Waals surface area (Å²) in [5.41, 5.74) is -0.306. The molecule has 0 saturated heterocycles. The zero-order chi connectivity index (χ0) is 16.2. The standard InChI is InChI=1S/C14H21N3O4/c1-8(18)16-12-10(5-9(7-15)6-11(12)19)17-13(20)21-14(2,3)4/h6,10-12,19H,5H2,1-4H3,(H,16,18)(H,17,20)/t10-,11+,12+/m0/s1. The summed E-state index contributed by atoms with van der Waals surface area (Å²) in [6, 6.07) is 0.642. The van der Waals surface area contributed by atoms with Gasteiger partial charge < -0.3 is 20.5 Å². The molecule has 1 aliphatic carbocycles.